The topological polar surface area (TPSA) is 99.8 Å². The Kier molecular flexibility index (Phi) is 6.47. The number of hydroxylamine groups is 1. The maximum absolute atomic E-state index is 9.91. The molecule has 170 valence electrons. The summed E-state index contributed by atoms with van der Waals surface area (Å²) >= 11 is 0. The van der Waals surface area contributed by atoms with Gasteiger partial charge in [-0.1, -0.05) is 20.8 Å². The number of hydrogen-bond donors (Lipinski definition) is 2. The Morgan fingerprint density at radius 2 is 2.03 bits per heavy atom. The number of amidine groups is 1. The average molecular weight is 453 g/mol. The smallest absolute Gasteiger partial charge is 0.192 e. The highest BCUT2D eigenvalue weighted by Crippen LogP contribution is 2.47. The second-order valence-electron chi connectivity index (χ2n) is 10.1. The van der Waals surface area contributed by atoms with Crippen LogP contribution in [0.3, 0.4) is 0 Å². The molecule has 0 spiro atoms. The molecule has 1 aromatic carbocycles. The lowest BCUT2D eigenvalue weighted by Gasteiger charge is -2.48. The molecule has 0 bridgehead atoms. The highest BCUT2D eigenvalue weighted by atomic mass is 28.4. The van der Waals surface area contributed by atoms with E-state index in [0.717, 1.165) is 5.56 Å². The van der Waals surface area contributed by atoms with E-state index in [1.807, 2.05) is 19.9 Å². The maximum Gasteiger partial charge on any atom is 0.192 e. The Bertz CT molecular complexity index is 1040. The number of fused-ring (bicyclic) bond motifs is 1. The third-order valence-corrected chi connectivity index (χ3v) is 10.8. The predicted molar refractivity (Wildman–Crippen MR) is 126 cm³/mol. The molecule has 2 aromatic rings. The van der Waals surface area contributed by atoms with Gasteiger partial charge in [-0.05, 0) is 62.3 Å². The van der Waals surface area contributed by atoms with Gasteiger partial charge < -0.3 is 9.16 Å². The van der Waals surface area contributed by atoms with Gasteiger partial charge in [0.1, 0.15) is 23.5 Å². The first kappa shape index (κ1) is 23.9. The van der Waals surface area contributed by atoms with Crippen LogP contribution >= 0.6 is 0 Å². The van der Waals surface area contributed by atoms with Crippen molar-refractivity contribution in [2.45, 2.75) is 70.5 Å². The van der Waals surface area contributed by atoms with Gasteiger partial charge in [-0.15, -0.1) is 0 Å². The molecule has 3 rings (SSSR count). The van der Waals surface area contributed by atoms with E-state index in [2.05, 4.69) is 50.4 Å². The van der Waals surface area contributed by atoms with Crippen LogP contribution < -0.4 is 10.2 Å². The van der Waals surface area contributed by atoms with Gasteiger partial charge in [0, 0.05) is 23.5 Å². The number of hydrogen-bond acceptors (Lipinski definition) is 6. The van der Waals surface area contributed by atoms with E-state index in [-0.39, 0.29) is 10.9 Å². The van der Waals surface area contributed by atoms with Gasteiger partial charge in [-0.25, -0.2) is 0 Å². The van der Waals surface area contributed by atoms with Crippen LogP contribution in [0.25, 0.3) is 0 Å². The molecule has 1 aromatic heterocycles. The van der Waals surface area contributed by atoms with E-state index in [9.17, 15) is 10.5 Å². The SMILES string of the molecule is CC1(C)Oc2ccc(C#N)cc2C(N=C(NO)c2cccnc2)C1O[Si](C)(C)C(C)(C)C. The fourth-order valence-corrected chi connectivity index (χ4v) is 4.88. The van der Waals surface area contributed by atoms with Crippen molar-refractivity contribution in [3.8, 4) is 11.8 Å². The Morgan fingerprint density at radius 1 is 1.31 bits per heavy atom. The number of pyridine rings is 1. The zero-order chi connectivity index (χ0) is 23.7. The number of rotatable bonds is 4. The molecule has 0 fully saturated rings. The van der Waals surface area contributed by atoms with E-state index in [1.54, 1.807) is 36.7 Å². The first-order chi connectivity index (χ1) is 14.9. The van der Waals surface area contributed by atoms with Crippen LogP contribution in [0.1, 0.15) is 57.4 Å². The quantitative estimate of drug-likeness (QED) is 0.294. The molecular formula is C24H32N4O3Si. The highest BCUT2D eigenvalue weighted by Gasteiger charge is 2.50. The summed E-state index contributed by atoms with van der Waals surface area (Å²) in [6.45, 7) is 14.9. The summed E-state index contributed by atoms with van der Waals surface area (Å²) in [6.07, 6.45) is 2.85. The van der Waals surface area contributed by atoms with Gasteiger partial charge >= 0.3 is 0 Å². The van der Waals surface area contributed by atoms with Crippen molar-refractivity contribution in [2.24, 2.45) is 4.99 Å². The standard InChI is InChI=1S/C24H32N4O3Si/c1-23(2,3)32(6,7)31-21-20(27-22(28-29)17-9-8-12-26-15-17)18-13-16(14-25)10-11-19(18)30-24(21,4)5/h8-13,15,20-21,29H,1-7H3,(H,27,28). The van der Waals surface area contributed by atoms with Gasteiger partial charge in [-0.2, -0.15) is 5.26 Å². The molecule has 8 heteroatoms. The Labute approximate surface area is 191 Å². The summed E-state index contributed by atoms with van der Waals surface area (Å²) in [7, 11) is -2.22. The summed E-state index contributed by atoms with van der Waals surface area (Å²) in [6, 6.07) is 10.6. The lowest BCUT2D eigenvalue weighted by atomic mass is 9.86. The third kappa shape index (κ3) is 4.70. The second kappa shape index (κ2) is 8.66. The average Bonchev–Trinajstić information content (AvgIpc) is 2.73. The van der Waals surface area contributed by atoms with Gasteiger partial charge in [0.2, 0.25) is 0 Å². The number of benzene rings is 1. The lowest BCUT2D eigenvalue weighted by molar-refractivity contribution is -0.0490. The van der Waals surface area contributed by atoms with Gasteiger partial charge in [-0.3, -0.25) is 20.7 Å². The third-order valence-electron chi connectivity index (χ3n) is 6.34. The molecule has 1 aliphatic rings. The molecule has 2 atom stereocenters. The van der Waals surface area contributed by atoms with E-state index in [1.165, 1.54) is 0 Å². The lowest BCUT2D eigenvalue weighted by Crippen LogP contribution is -2.56. The maximum atomic E-state index is 9.91. The van der Waals surface area contributed by atoms with Gasteiger partial charge in [0.15, 0.2) is 14.2 Å². The normalized spacial score (nSPS) is 20.7. The Hall–Kier alpha value is -2.73. The number of ether oxygens (including phenoxy) is 1. The zero-order valence-electron chi connectivity index (χ0n) is 19.8. The predicted octanol–water partition coefficient (Wildman–Crippen LogP) is 4.98. The van der Waals surface area contributed by atoms with Crippen molar-refractivity contribution in [2.75, 3.05) is 0 Å². The van der Waals surface area contributed by atoms with Crippen LogP contribution in [0.5, 0.6) is 5.75 Å². The van der Waals surface area contributed by atoms with Crippen molar-refractivity contribution < 1.29 is 14.4 Å². The summed E-state index contributed by atoms with van der Waals surface area (Å²) in [5.74, 6) is 0.930. The minimum Gasteiger partial charge on any atom is -0.485 e. The van der Waals surface area contributed by atoms with Crippen LogP contribution in [0, 0.1) is 11.3 Å². The summed E-state index contributed by atoms with van der Waals surface area (Å²) in [5, 5.41) is 19.4. The number of aliphatic imine (C=N–C) groups is 1. The van der Waals surface area contributed by atoms with Crippen molar-refractivity contribution in [3.05, 3.63) is 59.4 Å². The molecule has 0 aliphatic carbocycles. The van der Waals surface area contributed by atoms with Gasteiger partial charge in [0.25, 0.3) is 0 Å². The number of nitrogens with zero attached hydrogens (tertiary/aromatic N) is 3. The minimum absolute atomic E-state index is 0.0203. The summed E-state index contributed by atoms with van der Waals surface area (Å²) in [4.78, 5) is 9.04. The number of nitrogens with one attached hydrogen (secondary N) is 1. The molecule has 0 radical (unpaired) electrons. The van der Waals surface area contributed by atoms with Crippen molar-refractivity contribution in [1.82, 2.24) is 10.5 Å². The molecule has 2 N–H and O–H groups in total. The summed E-state index contributed by atoms with van der Waals surface area (Å²) in [5.41, 5.74) is 3.44. The van der Waals surface area contributed by atoms with Crippen LogP contribution in [-0.4, -0.2) is 36.0 Å². The van der Waals surface area contributed by atoms with Crippen LogP contribution in [0.15, 0.2) is 47.7 Å². The molecular weight excluding hydrogens is 420 g/mol. The molecule has 32 heavy (non-hydrogen) atoms. The minimum atomic E-state index is -2.22. The van der Waals surface area contributed by atoms with Crippen LogP contribution in [0.2, 0.25) is 18.1 Å². The van der Waals surface area contributed by atoms with E-state index < -0.39 is 26.1 Å². The van der Waals surface area contributed by atoms with Gasteiger partial charge in [0.05, 0.1) is 11.6 Å². The first-order valence-electron chi connectivity index (χ1n) is 10.7. The first-order valence-corrected chi connectivity index (χ1v) is 13.6. The molecule has 0 saturated heterocycles. The monoisotopic (exact) mass is 452 g/mol. The number of nitriles is 1. The fourth-order valence-electron chi connectivity index (χ4n) is 3.47. The zero-order valence-corrected chi connectivity index (χ0v) is 20.8. The van der Waals surface area contributed by atoms with Crippen molar-refractivity contribution >= 4 is 14.2 Å². The van der Waals surface area contributed by atoms with E-state index in [4.69, 9.17) is 14.2 Å². The fraction of sp³-hybridized carbons (Fsp3) is 0.458. The molecule has 1 aliphatic heterocycles. The van der Waals surface area contributed by atoms with Crippen molar-refractivity contribution in [1.29, 1.82) is 5.26 Å². The molecule has 0 amide bonds. The largest absolute Gasteiger partial charge is 0.485 e. The Balaban J connectivity index is 2.20. The number of aromatic nitrogens is 1. The summed E-state index contributed by atoms with van der Waals surface area (Å²) < 4.78 is 13.2. The van der Waals surface area contributed by atoms with Crippen LogP contribution in [-0.2, 0) is 4.43 Å². The highest BCUT2D eigenvalue weighted by molar-refractivity contribution is 6.74. The second-order valence-corrected chi connectivity index (χ2v) is 14.9. The van der Waals surface area contributed by atoms with E-state index in [0.29, 0.717) is 16.9 Å². The Morgan fingerprint density at radius 3 is 2.59 bits per heavy atom. The molecule has 2 heterocycles. The van der Waals surface area contributed by atoms with Crippen LogP contribution in [0.4, 0.5) is 0 Å². The van der Waals surface area contributed by atoms with E-state index >= 15 is 0 Å². The molecule has 7 nitrogen and oxygen atoms in total. The molecule has 2 unspecified atom stereocenters. The molecule has 0 saturated carbocycles. The van der Waals surface area contributed by atoms with Crippen molar-refractivity contribution in [3.63, 3.8) is 0 Å².